The van der Waals surface area contributed by atoms with Crippen LogP contribution in [0.3, 0.4) is 0 Å². The van der Waals surface area contributed by atoms with Crippen LogP contribution in [-0.4, -0.2) is 12.7 Å². The highest BCUT2D eigenvalue weighted by Crippen LogP contribution is 2.33. The maximum absolute atomic E-state index is 11.2. The molecule has 1 atom stereocenters. The number of rotatable bonds is 6. The molecule has 2 aromatic carbocycles. The Labute approximate surface area is 155 Å². The molecule has 2 heterocycles. The van der Waals surface area contributed by atoms with Crippen LogP contribution < -0.4 is 14.8 Å². The second-order valence-corrected chi connectivity index (χ2v) is 6.34. The van der Waals surface area contributed by atoms with Crippen molar-refractivity contribution in [2.75, 3.05) is 6.79 Å². The summed E-state index contributed by atoms with van der Waals surface area (Å²) in [5, 5.41) is 5.78. The molecule has 1 N–H and O–H groups in total. The maximum atomic E-state index is 11.2. The molecule has 4 rings (SSSR count). The van der Waals surface area contributed by atoms with Gasteiger partial charge in [-0.2, -0.15) is 0 Å². The Bertz CT molecular complexity index is 892. The van der Waals surface area contributed by atoms with E-state index in [0.717, 1.165) is 41.3 Å². The average molecular weight is 366 g/mol. The molecule has 0 saturated heterocycles. The van der Waals surface area contributed by atoms with Crippen molar-refractivity contribution in [2.45, 2.75) is 25.6 Å². The summed E-state index contributed by atoms with van der Waals surface area (Å²) in [7, 11) is 0. The first-order valence-corrected chi connectivity index (χ1v) is 8.65. The van der Waals surface area contributed by atoms with Crippen molar-refractivity contribution in [1.29, 1.82) is 0 Å². The minimum absolute atomic E-state index is 0.0319. The van der Waals surface area contributed by atoms with Crippen LogP contribution in [0.4, 0.5) is 0 Å². The van der Waals surface area contributed by atoms with Gasteiger partial charge in [0.1, 0.15) is 6.10 Å². The number of fused-ring (bicyclic) bond motifs is 1. The van der Waals surface area contributed by atoms with Gasteiger partial charge in [-0.1, -0.05) is 30.3 Å². The first-order chi connectivity index (χ1) is 13.2. The van der Waals surface area contributed by atoms with Crippen molar-refractivity contribution >= 4 is 5.91 Å². The summed E-state index contributed by atoms with van der Waals surface area (Å²) in [6, 6.07) is 13.9. The molecular formula is C20H18N2O5. The molecule has 7 heteroatoms. The van der Waals surface area contributed by atoms with Gasteiger partial charge in [-0.25, -0.2) is 0 Å². The molecule has 0 fully saturated rings. The normalized spacial score (nSPS) is 17.3. The van der Waals surface area contributed by atoms with Crippen LogP contribution in [0.25, 0.3) is 0 Å². The van der Waals surface area contributed by atoms with Gasteiger partial charge in [-0.3, -0.25) is 4.79 Å². The summed E-state index contributed by atoms with van der Waals surface area (Å²) < 4.78 is 16.2. The second-order valence-electron chi connectivity index (χ2n) is 6.34. The van der Waals surface area contributed by atoms with Crippen molar-refractivity contribution in [2.24, 2.45) is 5.18 Å². The number of ether oxygens (including phenoxy) is 3. The Kier molecular flexibility index (Phi) is 4.84. The number of amides is 1. The molecule has 2 aromatic rings. The molecule has 0 bridgehead atoms. The van der Waals surface area contributed by atoms with Crippen LogP contribution in [0.5, 0.6) is 11.5 Å². The highest BCUT2D eigenvalue weighted by atomic mass is 16.7. The van der Waals surface area contributed by atoms with E-state index in [1.807, 2.05) is 42.5 Å². The molecule has 0 aliphatic carbocycles. The van der Waals surface area contributed by atoms with E-state index in [1.165, 1.54) is 0 Å². The van der Waals surface area contributed by atoms with Gasteiger partial charge in [0.05, 0.1) is 0 Å². The predicted molar refractivity (Wildman–Crippen MR) is 96.9 cm³/mol. The number of hydrogen-bond donors (Lipinski definition) is 1. The molecule has 0 spiro atoms. The maximum Gasteiger partial charge on any atom is 0.350 e. The van der Waals surface area contributed by atoms with E-state index in [-0.39, 0.29) is 18.7 Å². The Morgan fingerprint density at radius 1 is 1.04 bits per heavy atom. The largest absolute Gasteiger partial charge is 0.480 e. The predicted octanol–water partition coefficient (Wildman–Crippen LogP) is 3.34. The summed E-state index contributed by atoms with van der Waals surface area (Å²) in [6.07, 6.45) is 1.91. The van der Waals surface area contributed by atoms with E-state index in [2.05, 4.69) is 10.5 Å². The topological polar surface area (TPSA) is 86.2 Å². The summed E-state index contributed by atoms with van der Waals surface area (Å²) in [5.74, 6) is 0.740. The number of carbonyl (C=O) groups excluding carboxylic acids is 1. The summed E-state index contributed by atoms with van der Waals surface area (Å²) in [4.78, 5) is 21.5. The van der Waals surface area contributed by atoms with Gasteiger partial charge in [0.15, 0.2) is 17.3 Å². The first-order valence-electron chi connectivity index (χ1n) is 8.65. The minimum atomic E-state index is -0.859. The Balaban J connectivity index is 1.28. The van der Waals surface area contributed by atoms with Gasteiger partial charge in [0.2, 0.25) is 6.79 Å². The van der Waals surface area contributed by atoms with Gasteiger partial charge in [-0.15, -0.1) is 4.91 Å². The van der Waals surface area contributed by atoms with Crippen LogP contribution >= 0.6 is 0 Å². The molecule has 27 heavy (non-hydrogen) atoms. The first kappa shape index (κ1) is 17.2. The summed E-state index contributed by atoms with van der Waals surface area (Å²) >= 11 is 0. The molecule has 2 aliphatic rings. The fourth-order valence-electron chi connectivity index (χ4n) is 3.10. The number of nitroso groups, excluding NO2 is 1. The lowest BCUT2D eigenvalue weighted by Crippen LogP contribution is -2.12. The highest BCUT2D eigenvalue weighted by Gasteiger charge is 2.25. The van der Waals surface area contributed by atoms with Gasteiger partial charge in [0, 0.05) is 24.7 Å². The van der Waals surface area contributed by atoms with Gasteiger partial charge in [-0.05, 0) is 34.9 Å². The molecular weight excluding hydrogens is 348 g/mol. The zero-order valence-corrected chi connectivity index (χ0v) is 14.5. The number of benzene rings is 2. The van der Waals surface area contributed by atoms with E-state index in [0.29, 0.717) is 6.42 Å². The van der Waals surface area contributed by atoms with Crippen molar-refractivity contribution in [3.63, 3.8) is 0 Å². The third kappa shape index (κ3) is 3.83. The quantitative estimate of drug-likeness (QED) is 0.789. The highest BCUT2D eigenvalue weighted by molar-refractivity contribution is 5.92. The van der Waals surface area contributed by atoms with E-state index in [4.69, 9.17) is 14.2 Å². The summed E-state index contributed by atoms with van der Waals surface area (Å²) in [5.41, 5.74) is 3.22. The zero-order chi connectivity index (χ0) is 18.6. The lowest BCUT2D eigenvalue weighted by atomic mass is 10.1. The molecule has 2 aliphatic heterocycles. The molecule has 1 amide bonds. The third-order valence-corrected chi connectivity index (χ3v) is 4.53. The van der Waals surface area contributed by atoms with Crippen LogP contribution in [0.15, 0.2) is 59.5 Å². The third-order valence-electron chi connectivity index (χ3n) is 4.53. The van der Waals surface area contributed by atoms with Crippen molar-refractivity contribution < 1.29 is 19.0 Å². The van der Waals surface area contributed by atoms with Crippen LogP contribution in [0, 0.1) is 4.91 Å². The monoisotopic (exact) mass is 366 g/mol. The standard InChI is InChI=1S/C20H18N2O5/c23-20(22-24)18-8-7-16(27-18)15-4-1-13(2-5-15)10-21-11-14-3-6-17-19(9-14)26-12-25-17/h1-6,8-9,16,21H,7,10-12H2. The molecule has 0 saturated carbocycles. The number of nitrogens with zero attached hydrogens (tertiary/aromatic N) is 1. The molecule has 0 aromatic heterocycles. The Hall–Kier alpha value is -3.19. The molecule has 0 radical (unpaired) electrons. The Morgan fingerprint density at radius 2 is 1.78 bits per heavy atom. The van der Waals surface area contributed by atoms with E-state index in [1.54, 1.807) is 6.08 Å². The van der Waals surface area contributed by atoms with Gasteiger partial charge < -0.3 is 19.5 Å². The number of nitrogens with one attached hydrogen (secondary N) is 1. The van der Waals surface area contributed by atoms with Gasteiger partial charge >= 0.3 is 5.91 Å². The van der Waals surface area contributed by atoms with Crippen molar-refractivity contribution in [3.8, 4) is 11.5 Å². The van der Waals surface area contributed by atoms with E-state index in [9.17, 15) is 9.70 Å². The van der Waals surface area contributed by atoms with Crippen LogP contribution in [-0.2, 0) is 22.6 Å². The average Bonchev–Trinajstić information content (AvgIpc) is 3.37. The van der Waals surface area contributed by atoms with E-state index >= 15 is 0 Å². The minimum Gasteiger partial charge on any atom is -0.480 e. The fourth-order valence-corrected chi connectivity index (χ4v) is 3.10. The van der Waals surface area contributed by atoms with E-state index < -0.39 is 5.91 Å². The molecule has 1 unspecified atom stereocenters. The van der Waals surface area contributed by atoms with Crippen molar-refractivity contribution in [3.05, 3.63) is 75.9 Å². The smallest absolute Gasteiger partial charge is 0.350 e. The lowest BCUT2D eigenvalue weighted by Gasteiger charge is -2.13. The van der Waals surface area contributed by atoms with Crippen LogP contribution in [0.2, 0.25) is 0 Å². The fraction of sp³-hybridized carbons (Fsp3) is 0.250. The SMILES string of the molecule is O=NC(=O)C1=CCC(c2ccc(CNCc3ccc4c(c3)OCO4)cc2)O1. The second kappa shape index (κ2) is 7.59. The lowest BCUT2D eigenvalue weighted by molar-refractivity contribution is -0.118. The van der Waals surface area contributed by atoms with Gasteiger partial charge in [0.25, 0.3) is 0 Å². The zero-order valence-electron chi connectivity index (χ0n) is 14.5. The molecule has 138 valence electrons. The van der Waals surface area contributed by atoms with Crippen molar-refractivity contribution in [1.82, 2.24) is 5.32 Å². The number of carbonyl (C=O) groups is 1. The Morgan fingerprint density at radius 3 is 2.59 bits per heavy atom. The van der Waals surface area contributed by atoms with Crippen LogP contribution in [0.1, 0.15) is 29.2 Å². The summed E-state index contributed by atoms with van der Waals surface area (Å²) in [6.45, 7) is 1.72. The molecule has 7 nitrogen and oxygen atoms in total. The number of hydrogen-bond acceptors (Lipinski definition) is 6.